The van der Waals surface area contributed by atoms with Gasteiger partial charge in [-0.25, -0.2) is 0 Å². The Bertz CT molecular complexity index is 4150. The molecule has 5 aliphatic rings. The molecule has 0 spiro atoms. The molecule has 0 radical (unpaired) electrons. The van der Waals surface area contributed by atoms with Crippen molar-refractivity contribution in [2.45, 2.75) is 80.6 Å². The average Bonchev–Trinajstić information content (AvgIpc) is 2.72. The van der Waals surface area contributed by atoms with Gasteiger partial charge in [-0.3, -0.25) is 24.0 Å². The van der Waals surface area contributed by atoms with Crippen LogP contribution in [0.2, 0.25) is 0 Å². The Labute approximate surface area is 514 Å². The van der Waals surface area contributed by atoms with Gasteiger partial charge in [0, 0.05) is 88.6 Å². The Hall–Kier alpha value is -8.41. The van der Waals surface area contributed by atoms with Crippen LogP contribution in [-0.4, -0.2) is 28.9 Å². The molecule has 16 rings (SSSR count). The number of para-hydroxylation sites is 1. The van der Waals surface area contributed by atoms with E-state index in [4.69, 9.17) is 8.83 Å². The third-order valence-corrected chi connectivity index (χ3v) is 19.9. The fourth-order valence-electron chi connectivity index (χ4n) is 12.8. The minimum Gasteiger partial charge on any atom is -0.461 e. The van der Waals surface area contributed by atoms with Gasteiger partial charge in [-0.15, -0.1) is 22.7 Å². The quantitative estimate of drug-likeness (QED) is 0.169. The summed E-state index contributed by atoms with van der Waals surface area (Å²) in [5.74, 6) is 4.63. The lowest BCUT2D eigenvalue weighted by Crippen LogP contribution is -2.02. The van der Waals surface area contributed by atoms with Crippen molar-refractivity contribution < 1.29 is 32.8 Å². The molecule has 10 heteroatoms. The van der Waals surface area contributed by atoms with Crippen molar-refractivity contribution >= 4 is 73.9 Å². The number of furan rings is 2. The average molecular weight is 1190 g/mol. The fourth-order valence-corrected chi connectivity index (χ4v) is 15.2. The minimum atomic E-state index is 0.0792. The van der Waals surface area contributed by atoms with Gasteiger partial charge in [0.1, 0.15) is 22.9 Å². The first-order valence-electron chi connectivity index (χ1n) is 29.6. The van der Waals surface area contributed by atoms with E-state index in [1.165, 1.54) is 53.6 Å². The van der Waals surface area contributed by atoms with Gasteiger partial charge >= 0.3 is 0 Å². The molecule has 0 saturated carbocycles. The zero-order valence-corrected chi connectivity index (χ0v) is 51.8. The summed E-state index contributed by atoms with van der Waals surface area (Å²) in [5.41, 5.74) is 18.5. The lowest BCUT2D eigenvalue weighted by atomic mass is 9.99. The van der Waals surface area contributed by atoms with Gasteiger partial charge in [0.05, 0.1) is 0 Å². The fraction of sp³-hybridized carbons (Fsp3) is 0.224. The van der Waals surface area contributed by atoms with Crippen molar-refractivity contribution in [1.82, 2.24) is 0 Å². The highest BCUT2D eigenvalue weighted by molar-refractivity contribution is 7.15. The molecule has 11 aromatic rings. The van der Waals surface area contributed by atoms with Gasteiger partial charge in [-0.05, 0) is 161 Å². The molecule has 6 aromatic carbocycles. The maximum Gasteiger partial charge on any atom is 0.166 e. The topological polar surface area (TPSA) is 112 Å². The van der Waals surface area contributed by atoms with Gasteiger partial charge in [0.25, 0.3) is 0 Å². The van der Waals surface area contributed by atoms with Crippen LogP contribution in [0.3, 0.4) is 0 Å². The predicted molar refractivity (Wildman–Crippen MR) is 351 cm³/mol. The summed E-state index contributed by atoms with van der Waals surface area (Å²) in [7, 11) is 0. The molecule has 0 fully saturated rings. The molecule has 0 saturated heterocycles. The Balaban J connectivity index is 0.000000105. The standard InChI is InChI=1S/C18H14O2.C15H14O2.C15H14OS.2C14H12OS/c1-11-9-15-13(6-4-7-14(15)18(11)19)17-10-12-5-2-3-8-16(12)20-17;2*1-9-8-13-11(14-7-6-10(2)17-14)4-3-5-12(13)15(9)16;1-9-8-12-10(13-6-3-7-16-13)4-2-5-11(12)14(9)15;1-9-7-13-11(10-5-6-16-8-10)3-2-4-12(13)14(9)15/h2-8,10-11H,9H2,1H3;2*3-7,9H,8H2,1-2H3;2-7,9H,8H2,1H3;2-6,8-9H,7H2,1H3. The molecule has 5 aromatic heterocycles. The summed E-state index contributed by atoms with van der Waals surface area (Å²) < 4.78 is 11.6. The van der Waals surface area contributed by atoms with Crippen LogP contribution in [0.15, 0.2) is 189 Å². The highest BCUT2D eigenvalue weighted by Gasteiger charge is 2.33. The van der Waals surface area contributed by atoms with Gasteiger partial charge in [-0.2, -0.15) is 11.3 Å². The zero-order valence-electron chi connectivity index (χ0n) is 49.3. The van der Waals surface area contributed by atoms with Gasteiger partial charge in [0.2, 0.25) is 0 Å². The van der Waals surface area contributed by atoms with E-state index in [-0.39, 0.29) is 41.2 Å². The molecule has 5 heterocycles. The molecule has 0 N–H and O–H groups in total. The number of carbonyl (C=O) groups excluding carboxylic acids is 5. The van der Waals surface area contributed by atoms with E-state index in [0.717, 1.165) is 110 Å². The number of benzene rings is 6. The molecule has 7 nitrogen and oxygen atoms in total. The van der Waals surface area contributed by atoms with Crippen molar-refractivity contribution in [3.8, 4) is 54.7 Å². The van der Waals surface area contributed by atoms with Crippen molar-refractivity contribution in [2.75, 3.05) is 0 Å². The number of hydrogen-bond acceptors (Lipinski definition) is 10. The highest BCUT2D eigenvalue weighted by atomic mass is 32.1. The number of aryl methyl sites for hydroxylation is 2. The normalized spacial score (nSPS) is 18.4. The molecule has 5 atom stereocenters. The van der Waals surface area contributed by atoms with Crippen molar-refractivity contribution in [1.29, 1.82) is 0 Å². The van der Waals surface area contributed by atoms with E-state index >= 15 is 0 Å². The van der Waals surface area contributed by atoms with Crippen LogP contribution in [0.5, 0.6) is 0 Å². The van der Waals surface area contributed by atoms with Crippen molar-refractivity contribution in [3.05, 3.63) is 246 Å². The first-order valence-corrected chi connectivity index (χ1v) is 32.2. The summed E-state index contributed by atoms with van der Waals surface area (Å²) in [6, 6.07) is 54.6. The van der Waals surface area contributed by atoms with E-state index in [1.54, 1.807) is 34.0 Å². The lowest BCUT2D eigenvalue weighted by molar-refractivity contribution is 0.0939. The maximum absolute atomic E-state index is 12.1. The summed E-state index contributed by atoms with van der Waals surface area (Å²) in [4.78, 5) is 63.8. The summed E-state index contributed by atoms with van der Waals surface area (Å²) >= 11 is 5.23. The minimum absolute atomic E-state index is 0.0792. The Morgan fingerprint density at radius 1 is 0.372 bits per heavy atom. The van der Waals surface area contributed by atoms with Crippen LogP contribution in [0.4, 0.5) is 0 Å². The zero-order chi connectivity index (χ0) is 59.9. The first-order chi connectivity index (χ1) is 41.6. The van der Waals surface area contributed by atoms with E-state index in [2.05, 4.69) is 77.7 Å². The smallest absolute Gasteiger partial charge is 0.166 e. The maximum atomic E-state index is 12.1. The molecular formula is C76H66O7S3. The van der Waals surface area contributed by atoms with Crippen LogP contribution < -0.4 is 0 Å². The molecule has 5 unspecified atom stereocenters. The third-order valence-electron chi connectivity index (χ3n) is 17.3. The van der Waals surface area contributed by atoms with Crippen LogP contribution in [-0.2, 0) is 32.1 Å². The van der Waals surface area contributed by atoms with Crippen molar-refractivity contribution in [3.63, 3.8) is 0 Å². The van der Waals surface area contributed by atoms with Crippen LogP contribution in [0.1, 0.15) is 125 Å². The number of rotatable bonds is 5. The van der Waals surface area contributed by atoms with E-state index < -0.39 is 0 Å². The molecule has 0 bridgehead atoms. The Kier molecular flexibility index (Phi) is 16.5. The molecule has 86 heavy (non-hydrogen) atoms. The number of carbonyl (C=O) groups is 5. The number of ketones is 5. The molecule has 0 aliphatic heterocycles. The number of fused-ring (bicyclic) bond motifs is 6. The lowest BCUT2D eigenvalue weighted by Gasteiger charge is -2.05. The van der Waals surface area contributed by atoms with Gasteiger partial charge < -0.3 is 8.83 Å². The van der Waals surface area contributed by atoms with Gasteiger partial charge in [0.15, 0.2) is 28.9 Å². The Morgan fingerprint density at radius 2 is 0.814 bits per heavy atom. The van der Waals surface area contributed by atoms with E-state index in [0.29, 0.717) is 17.3 Å². The molecular weight excluding hydrogens is 1120 g/mol. The second kappa shape index (κ2) is 24.5. The second-order valence-electron chi connectivity index (χ2n) is 23.5. The SMILES string of the molecule is CC1Cc2c(cccc2-c2cc3ccccc3o2)C1=O.CC1Cc2c(cccc2-c2cccs2)C1=O.CC1Cc2c(cccc2-c2ccsc2)C1=O.Cc1ccc(-c2cccc3c2CC(C)C3=O)o1.Cc1ccc(-c2cccc3c2CC(C)C3=O)s1. The number of thiophene rings is 3. The Morgan fingerprint density at radius 3 is 1.24 bits per heavy atom. The highest BCUT2D eigenvalue weighted by Crippen LogP contribution is 2.42. The van der Waals surface area contributed by atoms with Gasteiger partial charge in [-0.1, -0.05) is 150 Å². The van der Waals surface area contributed by atoms with E-state index in [1.807, 2.05) is 151 Å². The molecule has 0 amide bonds. The largest absolute Gasteiger partial charge is 0.461 e. The summed E-state index contributed by atoms with van der Waals surface area (Å²) in [5, 5.41) is 7.39. The summed E-state index contributed by atoms with van der Waals surface area (Å²) in [6.07, 6.45) is 4.30. The number of hydrogen-bond donors (Lipinski definition) is 0. The van der Waals surface area contributed by atoms with Crippen molar-refractivity contribution in [2.24, 2.45) is 29.6 Å². The first kappa shape index (κ1) is 58.0. The number of Topliss-reactive ketones (excluding diaryl/α,β-unsaturated/α-hetero) is 5. The molecule has 430 valence electrons. The second-order valence-corrected chi connectivity index (χ2v) is 26.5. The third kappa shape index (κ3) is 11.3. The van der Waals surface area contributed by atoms with Crippen LogP contribution in [0.25, 0.3) is 65.6 Å². The molecule has 5 aliphatic carbocycles. The van der Waals surface area contributed by atoms with Crippen LogP contribution in [0, 0.1) is 43.4 Å². The monoisotopic (exact) mass is 1190 g/mol. The predicted octanol–water partition coefficient (Wildman–Crippen LogP) is 19.8. The summed E-state index contributed by atoms with van der Waals surface area (Å²) in [6.45, 7) is 14.1. The van der Waals surface area contributed by atoms with E-state index in [9.17, 15) is 24.0 Å². The van der Waals surface area contributed by atoms with Crippen LogP contribution >= 0.6 is 34.0 Å².